The van der Waals surface area contributed by atoms with Crippen LogP contribution in [0.5, 0.6) is 0 Å². The van der Waals surface area contributed by atoms with Gasteiger partial charge in [0, 0.05) is 24.6 Å². The standard InChI is InChI=1S/C25H29FN2O5S/c1-15(33-16(2)29)25(30)28-20-12-19(13-20)24(27-34(3,31)32)22(28)14-18-10-7-11-21(23(18)26)17-8-5-4-6-9-17/h4-11,15,19-20,22,24,27H,12-14H2,1-3H3/t15-,19?,20?,22+,24+/m1/s1/i4D,5D,6D,8D,9D. The van der Waals surface area contributed by atoms with E-state index in [0.29, 0.717) is 12.8 Å². The molecule has 2 aliphatic heterocycles. The third-order valence-electron chi connectivity index (χ3n) is 6.39. The maximum absolute atomic E-state index is 16.0. The topological polar surface area (TPSA) is 92.8 Å². The first-order valence-corrected chi connectivity index (χ1v) is 12.8. The summed E-state index contributed by atoms with van der Waals surface area (Å²) in [6.07, 6.45) is 0.808. The van der Waals surface area contributed by atoms with Gasteiger partial charge >= 0.3 is 5.97 Å². The minimum atomic E-state index is -3.71. The van der Waals surface area contributed by atoms with Crippen molar-refractivity contribution >= 4 is 21.9 Å². The van der Waals surface area contributed by atoms with E-state index in [2.05, 4.69) is 4.72 Å². The Balaban J connectivity index is 1.79. The lowest BCUT2D eigenvalue weighted by atomic mass is 9.66. The second-order valence-electron chi connectivity index (χ2n) is 8.85. The fourth-order valence-electron chi connectivity index (χ4n) is 4.95. The van der Waals surface area contributed by atoms with E-state index >= 15 is 4.39 Å². The molecule has 2 aromatic carbocycles. The van der Waals surface area contributed by atoms with Crippen molar-refractivity contribution in [3.63, 3.8) is 0 Å². The highest BCUT2D eigenvalue weighted by Crippen LogP contribution is 2.45. The Kier molecular flexibility index (Phi) is 5.16. The Morgan fingerprint density at radius 2 is 1.94 bits per heavy atom. The summed E-state index contributed by atoms with van der Waals surface area (Å²) in [6.45, 7) is 2.59. The largest absolute Gasteiger partial charge is 0.453 e. The number of hydrogen-bond donors (Lipinski definition) is 1. The zero-order chi connectivity index (χ0) is 29.0. The van der Waals surface area contributed by atoms with Crippen molar-refractivity contribution < 1.29 is 34.0 Å². The molecule has 1 saturated carbocycles. The van der Waals surface area contributed by atoms with E-state index in [4.69, 9.17) is 11.6 Å². The summed E-state index contributed by atoms with van der Waals surface area (Å²) in [6, 6.07) is -0.479. The lowest BCUT2D eigenvalue weighted by Gasteiger charge is -2.58. The third-order valence-corrected chi connectivity index (χ3v) is 7.10. The third kappa shape index (κ3) is 5.00. The minimum absolute atomic E-state index is 0.0730. The van der Waals surface area contributed by atoms with Crippen molar-refractivity contribution in [2.24, 2.45) is 5.92 Å². The molecule has 1 N–H and O–H groups in total. The molecular formula is C25H29FN2O5S. The summed E-state index contributed by atoms with van der Waals surface area (Å²) in [5.41, 5.74) is -0.429. The molecular weight excluding hydrogens is 459 g/mol. The van der Waals surface area contributed by atoms with Gasteiger partial charge in [-0.3, -0.25) is 9.59 Å². The number of piperidine rings is 2. The Morgan fingerprint density at radius 1 is 1.26 bits per heavy atom. The SMILES string of the molecule is [2H]c1c([2H])c([2H])c(-c2cccc(C[C@H]3[C@@H](NS(C)(=O)=O)C4CC(C4)N3C(=O)[C@@H](C)OC(C)=O)c2F)c([2H])c1[2H]. The lowest BCUT2D eigenvalue weighted by molar-refractivity contribution is -0.168. The molecule has 2 bridgehead atoms. The molecule has 1 aliphatic carbocycles. The zero-order valence-electron chi connectivity index (χ0n) is 24.0. The van der Waals surface area contributed by atoms with Crippen LogP contribution in [0.4, 0.5) is 4.39 Å². The van der Waals surface area contributed by atoms with Gasteiger partial charge in [0.05, 0.1) is 19.2 Å². The summed E-state index contributed by atoms with van der Waals surface area (Å²) in [4.78, 5) is 26.4. The monoisotopic (exact) mass is 493 g/mol. The quantitative estimate of drug-likeness (QED) is 0.599. The van der Waals surface area contributed by atoms with Gasteiger partial charge < -0.3 is 9.64 Å². The van der Waals surface area contributed by atoms with E-state index in [1.165, 1.54) is 36.9 Å². The van der Waals surface area contributed by atoms with Crippen LogP contribution in [-0.2, 0) is 30.8 Å². The molecule has 0 radical (unpaired) electrons. The Morgan fingerprint density at radius 3 is 2.56 bits per heavy atom. The number of carbonyl (C=O) groups excluding carboxylic acids is 2. The van der Waals surface area contributed by atoms with Gasteiger partial charge in [-0.25, -0.2) is 17.5 Å². The zero-order valence-corrected chi connectivity index (χ0v) is 19.8. The normalized spacial score (nSPS) is 26.8. The fourth-order valence-corrected chi connectivity index (χ4v) is 5.79. The van der Waals surface area contributed by atoms with Crippen LogP contribution in [0.25, 0.3) is 11.1 Å². The van der Waals surface area contributed by atoms with Crippen molar-refractivity contribution in [2.45, 2.75) is 57.3 Å². The Bertz CT molecular complexity index is 1420. The van der Waals surface area contributed by atoms with Crippen LogP contribution in [0.2, 0.25) is 0 Å². The van der Waals surface area contributed by atoms with Crippen LogP contribution < -0.4 is 4.72 Å². The number of esters is 1. The van der Waals surface area contributed by atoms with Crippen LogP contribution >= 0.6 is 0 Å². The molecule has 2 saturated heterocycles. The molecule has 1 amide bonds. The van der Waals surface area contributed by atoms with E-state index in [0.717, 1.165) is 6.26 Å². The first-order chi connectivity index (χ1) is 18.1. The number of rotatable bonds is 7. The second kappa shape index (κ2) is 9.46. The number of nitrogens with one attached hydrogen (secondary N) is 1. The van der Waals surface area contributed by atoms with Crippen molar-refractivity contribution in [3.8, 4) is 11.1 Å². The van der Waals surface area contributed by atoms with Crippen LogP contribution in [0.3, 0.4) is 0 Å². The number of ether oxygens (including phenoxy) is 1. The summed E-state index contributed by atoms with van der Waals surface area (Å²) < 4.78 is 88.3. The first kappa shape index (κ1) is 18.5. The number of carbonyl (C=O) groups is 2. The molecule has 0 aromatic heterocycles. The van der Waals surface area contributed by atoms with Crippen LogP contribution in [0.15, 0.2) is 48.4 Å². The number of amides is 1. The van der Waals surface area contributed by atoms with Gasteiger partial charge in [0.2, 0.25) is 10.0 Å². The lowest BCUT2D eigenvalue weighted by Crippen LogP contribution is -2.71. The molecule has 182 valence electrons. The van der Waals surface area contributed by atoms with E-state index in [1.54, 1.807) is 0 Å². The van der Waals surface area contributed by atoms with Crippen molar-refractivity contribution in [2.75, 3.05) is 6.26 Å². The first-order valence-electron chi connectivity index (χ1n) is 13.4. The average molecular weight is 494 g/mol. The highest BCUT2D eigenvalue weighted by molar-refractivity contribution is 7.88. The highest BCUT2D eigenvalue weighted by atomic mass is 32.2. The maximum Gasteiger partial charge on any atom is 0.303 e. The molecule has 2 heterocycles. The average Bonchev–Trinajstić information content (AvgIpc) is 2.81. The van der Waals surface area contributed by atoms with Gasteiger partial charge in [0.15, 0.2) is 6.10 Å². The molecule has 0 unspecified atom stereocenters. The number of fused-ring (bicyclic) bond motifs is 2. The van der Waals surface area contributed by atoms with Gasteiger partial charge in [0.25, 0.3) is 5.91 Å². The molecule has 7 nitrogen and oxygen atoms in total. The molecule has 3 fully saturated rings. The number of benzene rings is 2. The fraction of sp³-hybridized carbons (Fsp3) is 0.440. The van der Waals surface area contributed by atoms with Crippen LogP contribution in [0.1, 0.15) is 39.1 Å². The van der Waals surface area contributed by atoms with Gasteiger partial charge in [0.1, 0.15) is 5.82 Å². The molecule has 5 rings (SSSR count). The van der Waals surface area contributed by atoms with E-state index in [-0.39, 0.29) is 35.1 Å². The number of halogens is 1. The summed E-state index contributed by atoms with van der Waals surface area (Å²) in [5.74, 6) is -2.11. The molecule has 0 spiro atoms. The Hall–Kier alpha value is -2.78. The smallest absolute Gasteiger partial charge is 0.303 e. The molecule has 2 aromatic rings. The van der Waals surface area contributed by atoms with E-state index in [9.17, 15) is 18.0 Å². The van der Waals surface area contributed by atoms with Gasteiger partial charge in [-0.15, -0.1) is 0 Å². The summed E-state index contributed by atoms with van der Waals surface area (Å²) in [5, 5.41) is 0. The van der Waals surface area contributed by atoms with Gasteiger partial charge in [-0.05, 0) is 43.2 Å². The minimum Gasteiger partial charge on any atom is -0.453 e. The van der Waals surface area contributed by atoms with E-state index < -0.39 is 76.1 Å². The Labute approximate surface area is 206 Å². The number of sulfonamides is 1. The highest BCUT2D eigenvalue weighted by Gasteiger charge is 2.53. The van der Waals surface area contributed by atoms with Crippen LogP contribution in [-0.4, -0.2) is 55.7 Å². The van der Waals surface area contributed by atoms with Crippen molar-refractivity contribution in [3.05, 3.63) is 59.8 Å². The summed E-state index contributed by atoms with van der Waals surface area (Å²) >= 11 is 0. The predicted octanol–water partition coefficient (Wildman–Crippen LogP) is 2.89. The van der Waals surface area contributed by atoms with Crippen molar-refractivity contribution in [1.29, 1.82) is 0 Å². The molecule has 3 atom stereocenters. The molecule has 3 aliphatic rings. The molecule has 9 heteroatoms. The molecule has 34 heavy (non-hydrogen) atoms. The maximum atomic E-state index is 16.0. The van der Waals surface area contributed by atoms with Gasteiger partial charge in [-0.2, -0.15) is 0 Å². The number of hydrogen-bond acceptors (Lipinski definition) is 5. The number of nitrogens with zero attached hydrogens (tertiary/aromatic N) is 1. The van der Waals surface area contributed by atoms with Crippen LogP contribution in [0, 0.1) is 11.7 Å². The van der Waals surface area contributed by atoms with Gasteiger partial charge in [-0.1, -0.05) is 48.4 Å². The van der Waals surface area contributed by atoms with Crippen molar-refractivity contribution in [1.82, 2.24) is 9.62 Å². The predicted molar refractivity (Wildman–Crippen MR) is 126 cm³/mol. The second-order valence-corrected chi connectivity index (χ2v) is 10.6. The van der Waals surface area contributed by atoms with E-state index in [1.807, 2.05) is 0 Å². The summed E-state index contributed by atoms with van der Waals surface area (Å²) in [7, 11) is -3.71.